The molecule has 0 saturated carbocycles. The van der Waals surface area contributed by atoms with Gasteiger partial charge in [0.15, 0.2) is 12.6 Å². The lowest BCUT2D eigenvalue weighted by atomic mass is 9.54. The largest absolute Gasteiger partial charge is 0.496 e. The van der Waals surface area contributed by atoms with Crippen molar-refractivity contribution in [3.8, 4) is 17.2 Å². The summed E-state index contributed by atoms with van der Waals surface area (Å²) in [4.78, 5) is 14.5. The van der Waals surface area contributed by atoms with E-state index in [0.717, 1.165) is 36.8 Å². The Labute approximate surface area is 246 Å². The van der Waals surface area contributed by atoms with Gasteiger partial charge in [0.2, 0.25) is 0 Å². The van der Waals surface area contributed by atoms with E-state index in [0.29, 0.717) is 47.0 Å². The third-order valence-electron chi connectivity index (χ3n) is 9.61. The molecule has 2 aromatic carbocycles. The molecule has 5 atom stereocenters. The van der Waals surface area contributed by atoms with E-state index < -0.39 is 11.5 Å². The van der Waals surface area contributed by atoms with Crippen LogP contribution in [0.3, 0.4) is 0 Å². The molecular formula is C35H48O6. The van der Waals surface area contributed by atoms with Gasteiger partial charge in [0.25, 0.3) is 0 Å². The summed E-state index contributed by atoms with van der Waals surface area (Å²) in [6, 6.07) is 11.5. The Morgan fingerprint density at radius 1 is 1.07 bits per heavy atom. The van der Waals surface area contributed by atoms with Gasteiger partial charge in [-0.1, -0.05) is 69.2 Å². The lowest BCUT2D eigenvalue weighted by molar-refractivity contribution is 0.0351. The van der Waals surface area contributed by atoms with Gasteiger partial charge in [0.1, 0.15) is 17.2 Å². The molecule has 224 valence electrons. The van der Waals surface area contributed by atoms with Crippen molar-refractivity contribution in [2.45, 2.75) is 72.8 Å². The molecule has 0 saturated heterocycles. The lowest BCUT2D eigenvalue weighted by Gasteiger charge is -2.50. The molecule has 2 aromatic rings. The van der Waals surface area contributed by atoms with Gasteiger partial charge in [-0.25, -0.2) is 0 Å². The summed E-state index contributed by atoms with van der Waals surface area (Å²) in [5.41, 5.74) is 4.38. The fraction of sp³-hybridized carbons (Fsp3) is 0.571. The first-order valence-corrected chi connectivity index (χ1v) is 14.9. The third kappa shape index (κ3) is 6.05. The number of hydrogen-bond donors (Lipinski definition) is 1. The van der Waals surface area contributed by atoms with Gasteiger partial charge in [0.05, 0.1) is 25.9 Å². The van der Waals surface area contributed by atoms with Crippen molar-refractivity contribution >= 4 is 5.78 Å². The summed E-state index contributed by atoms with van der Waals surface area (Å²) in [5, 5.41) is 12.0. The normalized spacial score (nSPS) is 25.1. The maximum Gasteiger partial charge on any atom is 0.188 e. The Morgan fingerprint density at radius 2 is 1.76 bits per heavy atom. The van der Waals surface area contributed by atoms with Crippen molar-refractivity contribution in [3.05, 3.63) is 64.2 Å². The number of Topliss-reactive ketones (excluding diaryl/α,β-unsaturated/α-hetero) is 1. The van der Waals surface area contributed by atoms with Crippen molar-refractivity contribution in [2.24, 2.45) is 29.1 Å². The Kier molecular flexibility index (Phi) is 9.86. The average molecular weight is 565 g/mol. The average Bonchev–Trinajstić information content (AvgIpc) is 2.96. The monoisotopic (exact) mass is 564 g/mol. The molecule has 1 unspecified atom stereocenters. The quantitative estimate of drug-likeness (QED) is 0.171. The van der Waals surface area contributed by atoms with Crippen LogP contribution in [0, 0.1) is 36.0 Å². The predicted molar refractivity (Wildman–Crippen MR) is 162 cm³/mol. The second kappa shape index (κ2) is 13.0. The van der Waals surface area contributed by atoms with Crippen molar-refractivity contribution < 1.29 is 28.8 Å². The number of carbonyl (C=O) groups is 1. The molecule has 0 amide bonds. The molecule has 41 heavy (non-hydrogen) atoms. The van der Waals surface area contributed by atoms with E-state index in [4.69, 9.17) is 18.9 Å². The highest BCUT2D eigenvalue weighted by Gasteiger charge is 2.50. The lowest BCUT2D eigenvalue weighted by Crippen LogP contribution is -2.44. The molecule has 0 aliphatic heterocycles. The highest BCUT2D eigenvalue weighted by molar-refractivity contribution is 6.00. The maximum absolute atomic E-state index is 14.5. The highest BCUT2D eigenvalue weighted by atomic mass is 16.7. The molecule has 4 rings (SSSR count). The molecule has 2 aliphatic carbocycles. The first kappa shape index (κ1) is 31.1. The molecule has 0 radical (unpaired) electrons. The van der Waals surface area contributed by atoms with Gasteiger partial charge in [-0.2, -0.15) is 0 Å². The number of ketones is 1. The van der Waals surface area contributed by atoms with Crippen LogP contribution in [0.15, 0.2) is 47.5 Å². The van der Waals surface area contributed by atoms with Crippen LogP contribution in [-0.4, -0.2) is 39.0 Å². The fourth-order valence-corrected chi connectivity index (χ4v) is 7.43. The number of ether oxygens (including phenoxy) is 4. The molecular weight excluding hydrogens is 516 g/mol. The van der Waals surface area contributed by atoms with Gasteiger partial charge in [-0.3, -0.25) is 4.79 Å². The minimum atomic E-state index is -0.932. The van der Waals surface area contributed by atoms with Crippen LogP contribution >= 0.6 is 0 Å². The van der Waals surface area contributed by atoms with Gasteiger partial charge >= 0.3 is 0 Å². The number of carbonyl (C=O) groups excluding carboxylic acids is 1. The summed E-state index contributed by atoms with van der Waals surface area (Å²) in [5.74, 6) is 2.69. The van der Waals surface area contributed by atoms with Crippen LogP contribution in [0.1, 0.15) is 87.4 Å². The van der Waals surface area contributed by atoms with Crippen LogP contribution in [0.25, 0.3) is 0 Å². The van der Waals surface area contributed by atoms with Crippen LogP contribution in [0.4, 0.5) is 0 Å². The number of aliphatic hydroxyl groups is 1. The van der Waals surface area contributed by atoms with E-state index >= 15 is 0 Å². The zero-order valence-corrected chi connectivity index (χ0v) is 26.1. The zero-order valence-electron chi connectivity index (χ0n) is 26.1. The predicted octanol–water partition coefficient (Wildman–Crippen LogP) is 7.72. The molecule has 1 N–H and O–H groups in total. The Bertz CT molecular complexity index is 1250. The van der Waals surface area contributed by atoms with Crippen molar-refractivity contribution in [1.82, 2.24) is 0 Å². The van der Waals surface area contributed by atoms with E-state index in [1.54, 1.807) is 27.4 Å². The van der Waals surface area contributed by atoms with Crippen LogP contribution in [0.2, 0.25) is 0 Å². The first-order valence-electron chi connectivity index (χ1n) is 14.9. The van der Waals surface area contributed by atoms with Crippen molar-refractivity contribution in [1.29, 1.82) is 0 Å². The van der Waals surface area contributed by atoms with E-state index in [-0.39, 0.29) is 18.5 Å². The molecule has 0 fully saturated rings. The van der Waals surface area contributed by atoms with Crippen LogP contribution < -0.4 is 14.2 Å². The summed E-state index contributed by atoms with van der Waals surface area (Å²) in [6.07, 6.45) is 3.49. The second-order valence-corrected chi connectivity index (χ2v) is 12.5. The number of rotatable bonds is 11. The number of allylic oxidation sites excluding steroid dienone is 2. The Hall–Kier alpha value is -2.83. The Morgan fingerprint density at radius 3 is 2.37 bits per heavy atom. The fourth-order valence-electron chi connectivity index (χ4n) is 7.43. The topological polar surface area (TPSA) is 74.2 Å². The van der Waals surface area contributed by atoms with E-state index in [1.165, 1.54) is 11.1 Å². The summed E-state index contributed by atoms with van der Waals surface area (Å²) in [6.45, 7) is 11.0. The van der Waals surface area contributed by atoms with Gasteiger partial charge in [-0.05, 0) is 62.2 Å². The summed E-state index contributed by atoms with van der Waals surface area (Å²) in [7, 11) is 4.74. The molecule has 6 heteroatoms. The number of aliphatic hydroxyl groups excluding tert-OH is 1. The minimum absolute atomic E-state index is 0.0213. The standard InChI is InChI=1S/C35H48O6/c1-21(2)25-15-14-22(3)26-16-17-35(5,32(30(25)26)33(37)24-12-10-9-11-13-24)19-27(36)31-29(40-8)18-28(39-7)23(4)34(31)41-20-38-6/h9-13,18,21-22,25,27,32,36H,14-17,19-20H2,1-8H3/t22-,25+,27?,32-,35+/m1/s1. The molecule has 0 bridgehead atoms. The van der Waals surface area contributed by atoms with E-state index in [2.05, 4.69) is 27.7 Å². The maximum atomic E-state index is 14.5. The number of methoxy groups -OCH3 is 3. The summed E-state index contributed by atoms with van der Waals surface area (Å²) >= 11 is 0. The molecule has 0 heterocycles. The van der Waals surface area contributed by atoms with Crippen molar-refractivity contribution in [2.75, 3.05) is 28.1 Å². The highest BCUT2D eigenvalue weighted by Crippen LogP contribution is 2.58. The Balaban J connectivity index is 1.84. The van der Waals surface area contributed by atoms with Gasteiger partial charge < -0.3 is 24.1 Å². The number of benzene rings is 2. The van der Waals surface area contributed by atoms with Crippen LogP contribution in [-0.2, 0) is 4.74 Å². The molecule has 0 aromatic heterocycles. The molecule has 0 spiro atoms. The van der Waals surface area contributed by atoms with E-state index in [1.807, 2.05) is 37.3 Å². The second-order valence-electron chi connectivity index (χ2n) is 12.5. The van der Waals surface area contributed by atoms with Crippen molar-refractivity contribution in [3.63, 3.8) is 0 Å². The zero-order chi connectivity index (χ0) is 29.9. The smallest absolute Gasteiger partial charge is 0.188 e. The minimum Gasteiger partial charge on any atom is -0.496 e. The third-order valence-corrected chi connectivity index (χ3v) is 9.61. The molecule has 6 nitrogen and oxygen atoms in total. The van der Waals surface area contributed by atoms with Crippen LogP contribution in [0.5, 0.6) is 17.2 Å². The first-order chi connectivity index (χ1) is 19.6. The summed E-state index contributed by atoms with van der Waals surface area (Å²) < 4.78 is 22.6. The van der Waals surface area contributed by atoms with Gasteiger partial charge in [-0.15, -0.1) is 0 Å². The van der Waals surface area contributed by atoms with Gasteiger partial charge in [0, 0.05) is 30.2 Å². The molecule has 2 aliphatic rings. The van der Waals surface area contributed by atoms with E-state index in [9.17, 15) is 9.90 Å². The SMILES string of the molecule is COCOc1c(C)c(OC)cc(OC)c1C(O)C[C@]1(C)CCC2=C([C@@H]1C(=O)c1ccccc1)[C@H](C(C)C)CC[C@H]2C. The number of hydrogen-bond acceptors (Lipinski definition) is 6.